The highest BCUT2D eigenvalue weighted by molar-refractivity contribution is 6.06. The second-order valence-electron chi connectivity index (χ2n) is 4.09. The Hall–Kier alpha value is -2.77. The fourth-order valence-electron chi connectivity index (χ4n) is 1.64. The van der Waals surface area contributed by atoms with Crippen molar-refractivity contribution >= 4 is 17.6 Å². The van der Waals surface area contributed by atoms with Crippen LogP contribution in [-0.2, 0) is 11.2 Å². The lowest BCUT2D eigenvalue weighted by molar-refractivity contribution is 0.0602. The van der Waals surface area contributed by atoms with Crippen molar-refractivity contribution in [2.75, 3.05) is 12.4 Å². The van der Waals surface area contributed by atoms with E-state index in [1.807, 2.05) is 6.92 Å². The molecule has 0 radical (unpaired) electrons. The molecule has 2 rings (SSSR count). The molecule has 1 aromatic heterocycles. The number of esters is 1. The fraction of sp³-hybridized carbons (Fsp3) is 0.231. The monoisotopic (exact) mass is 292 g/mol. The number of nitrogens with zero attached hydrogens (tertiary/aromatic N) is 2. The summed E-state index contributed by atoms with van der Waals surface area (Å²) in [5, 5.41) is 8.73. The number of carbonyl (C=O) groups excluding carboxylic acids is 2. The van der Waals surface area contributed by atoms with E-state index in [1.165, 1.54) is 13.2 Å². The number of carbonyl (C=O) groups is 2. The Morgan fingerprint density at radius 3 is 2.81 bits per heavy atom. The van der Waals surface area contributed by atoms with Crippen LogP contribution in [0.15, 0.2) is 18.2 Å². The minimum absolute atomic E-state index is 0.00491. The normalized spacial score (nSPS) is 10.2. The zero-order valence-corrected chi connectivity index (χ0v) is 11.4. The van der Waals surface area contributed by atoms with E-state index in [-0.39, 0.29) is 17.1 Å². The summed E-state index contributed by atoms with van der Waals surface area (Å²) in [4.78, 5) is 27.5. The zero-order chi connectivity index (χ0) is 15.4. The number of nitrogens with one attached hydrogen (secondary N) is 2. The maximum atomic E-state index is 13.3. The molecule has 0 spiro atoms. The lowest BCUT2D eigenvalue weighted by Gasteiger charge is -2.08. The summed E-state index contributed by atoms with van der Waals surface area (Å²) in [6, 6.07) is 3.35. The summed E-state index contributed by atoms with van der Waals surface area (Å²) in [6.45, 7) is 1.85. The van der Waals surface area contributed by atoms with Crippen molar-refractivity contribution in [2.45, 2.75) is 13.3 Å². The van der Waals surface area contributed by atoms with Gasteiger partial charge in [-0.3, -0.25) is 9.89 Å². The van der Waals surface area contributed by atoms with Crippen LogP contribution in [0.5, 0.6) is 0 Å². The van der Waals surface area contributed by atoms with E-state index >= 15 is 0 Å². The molecule has 0 unspecified atom stereocenters. The standard InChI is InChI=1S/C13H13FN4O3/c1-3-10-16-11(18-17-10)12(19)15-9-6-7(14)4-5-8(9)13(20)21-2/h4-6H,3H2,1-2H3,(H,15,19)(H,16,17,18). The van der Waals surface area contributed by atoms with Crippen LogP contribution in [0.3, 0.4) is 0 Å². The number of anilines is 1. The number of H-pyrrole nitrogens is 1. The smallest absolute Gasteiger partial charge is 0.339 e. The summed E-state index contributed by atoms with van der Waals surface area (Å²) >= 11 is 0. The van der Waals surface area contributed by atoms with Crippen LogP contribution in [0.1, 0.15) is 33.7 Å². The number of hydrogen-bond acceptors (Lipinski definition) is 5. The van der Waals surface area contributed by atoms with Crippen molar-refractivity contribution in [3.63, 3.8) is 0 Å². The first-order valence-electron chi connectivity index (χ1n) is 6.15. The summed E-state index contributed by atoms with van der Waals surface area (Å²) in [7, 11) is 1.19. The van der Waals surface area contributed by atoms with Crippen LogP contribution in [0, 0.1) is 5.82 Å². The molecule has 0 saturated carbocycles. The number of amides is 1. The number of methoxy groups -OCH3 is 1. The predicted octanol–water partition coefficient (Wildman–Crippen LogP) is 1.55. The molecule has 2 aromatic rings. The van der Waals surface area contributed by atoms with Gasteiger partial charge in [0.1, 0.15) is 11.6 Å². The fourth-order valence-corrected chi connectivity index (χ4v) is 1.64. The summed E-state index contributed by atoms with van der Waals surface area (Å²) in [5.74, 6) is -1.47. The van der Waals surface area contributed by atoms with Crippen molar-refractivity contribution in [2.24, 2.45) is 0 Å². The summed E-state index contributed by atoms with van der Waals surface area (Å²) in [6.07, 6.45) is 0.591. The van der Waals surface area contributed by atoms with Crippen molar-refractivity contribution in [3.8, 4) is 0 Å². The molecule has 0 atom stereocenters. The number of benzene rings is 1. The first-order chi connectivity index (χ1) is 10.0. The third-order valence-corrected chi connectivity index (χ3v) is 2.70. The van der Waals surface area contributed by atoms with Crippen LogP contribution >= 0.6 is 0 Å². The Morgan fingerprint density at radius 1 is 1.43 bits per heavy atom. The molecule has 0 aliphatic rings. The Morgan fingerprint density at radius 2 is 2.19 bits per heavy atom. The van der Waals surface area contributed by atoms with Gasteiger partial charge in [-0.05, 0) is 18.2 Å². The molecular weight excluding hydrogens is 279 g/mol. The number of hydrogen-bond donors (Lipinski definition) is 2. The van der Waals surface area contributed by atoms with Gasteiger partial charge in [-0.1, -0.05) is 6.92 Å². The Labute approximate surface area is 119 Å². The van der Waals surface area contributed by atoms with Crippen LogP contribution in [0.2, 0.25) is 0 Å². The Balaban J connectivity index is 2.27. The summed E-state index contributed by atoms with van der Waals surface area (Å²) < 4.78 is 17.9. The molecule has 0 fully saturated rings. The number of rotatable bonds is 4. The Bertz CT molecular complexity index is 684. The highest BCUT2D eigenvalue weighted by Gasteiger charge is 2.18. The molecule has 1 heterocycles. The molecule has 0 bridgehead atoms. The molecule has 110 valence electrons. The molecule has 21 heavy (non-hydrogen) atoms. The number of aryl methyl sites for hydroxylation is 1. The van der Waals surface area contributed by atoms with E-state index < -0.39 is 17.7 Å². The van der Waals surface area contributed by atoms with Gasteiger partial charge in [0.15, 0.2) is 0 Å². The zero-order valence-electron chi connectivity index (χ0n) is 11.4. The van der Waals surface area contributed by atoms with Gasteiger partial charge in [0.2, 0.25) is 5.82 Å². The maximum absolute atomic E-state index is 13.3. The highest BCUT2D eigenvalue weighted by atomic mass is 19.1. The first-order valence-corrected chi connectivity index (χ1v) is 6.15. The van der Waals surface area contributed by atoms with E-state index in [9.17, 15) is 14.0 Å². The van der Waals surface area contributed by atoms with Gasteiger partial charge >= 0.3 is 5.97 Å². The SMILES string of the molecule is CCc1nc(C(=O)Nc2cc(F)ccc2C(=O)OC)n[nH]1. The van der Waals surface area contributed by atoms with Gasteiger partial charge in [0, 0.05) is 6.42 Å². The van der Waals surface area contributed by atoms with Crippen LogP contribution in [-0.4, -0.2) is 34.2 Å². The van der Waals surface area contributed by atoms with Gasteiger partial charge in [-0.25, -0.2) is 14.2 Å². The van der Waals surface area contributed by atoms with E-state index in [1.54, 1.807) is 0 Å². The van der Waals surface area contributed by atoms with Crippen LogP contribution in [0.4, 0.5) is 10.1 Å². The van der Waals surface area contributed by atoms with Gasteiger partial charge < -0.3 is 10.1 Å². The van der Waals surface area contributed by atoms with Gasteiger partial charge in [0.25, 0.3) is 5.91 Å². The molecule has 1 amide bonds. The Kier molecular flexibility index (Phi) is 4.27. The minimum Gasteiger partial charge on any atom is -0.465 e. The second-order valence-corrected chi connectivity index (χ2v) is 4.09. The lowest BCUT2D eigenvalue weighted by atomic mass is 10.1. The van der Waals surface area contributed by atoms with Crippen molar-refractivity contribution in [3.05, 3.63) is 41.2 Å². The van der Waals surface area contributed by atoms with Crippen LogP contribution in [0.25, 0.3) is 0 Å². The number of ether oxygens (including phenoxy) is 1. The average Bonchev–Trinajstić information content (AvgIpc) is 2.95. The minimum atomic E-state index is -0.686. The molecule has 1 aromatic carbocycles. The van der Waals surface area contributed by atoms with Crippen LogP contribution < -0.4 is 5.32 Å². The maximum Gasteiger partial charge on any atom is 0.339 e. The summed E-state index contributed by atoms with van der Waals surface area (Å²) in [5.41, 5.74) is 0.0354. The van der Waals surface area contributed by atoms with E-state index in [4.69, 9.17) is 0 Å². The molecule has 7 nitrogen and oxygen atoms in total. The van der Waals surface area contributed by atoms with Gasteiger partial charge in [-0.2, -0.15) is 0 Å². The topological polar surface area (TPSA) is 97.0 Å². The van der Waals surface area contributed by atoms with Crippen molar-refractivity contribution in [1.29, 1.82) is 0 Å². The van der Waals surface area contributed by atoms with Gasteiger partial charge in [0.05, 0.1) is 18.4 Å². The van der Waals surface area contributed by atoms with E-state index in [0.717, 1.165) is 12.1 Å². The predicted molar refractivity (Wildman–Crippen MR) is 71.5 cm³/mol. The largest absolute Gasteiger partial charge is 0.465 e. The average molecular weight is 292 g/mol. The second kappa shape index (κ2) is 6.12. The molecule has 0 aliphatic heterocycles. The third-order valence-electron chi connectivity index (χ3n) is 2.70. The highest BCUT2D eigenvalue weighted by Crippen LogP contribution is 2.18. The van der Waals surface area contributed by atoms with E-state index in [0.29, 0.717) is 12.2 Å². The van der Waals surface area contributed by atoms with Crippen molar-refractivity contribution in [1.82, 2.24) is 15.2 Å². The third kappa shape index (κ3) is 3.22. The molecule has 0 aliphatic carbocycles. The molecule has 0 saturated heterocycles. The lowest BCUT2D eigenvalue weighted by Crippen LogP contribution is -2.17. The van der Waals surface area contributed by atoms with Crippen molar-refractivity contribution < 1.29 is 18.7 Å². The molecule has 8 heteroatoms. The van der Waals surface area contributed by atoms with E-state index in [2.05, 4.69) is 25.2 Å². The molecular formula is C13H13FN4O3. The van der Waals surface area contributed by atoms with Gasteiger partial charge in [-0.15, -0.1) is 5.10 Å². The number of halogens is 1. The molecule has 2 N–H and O–H groups in total. The number of aromatic amines is 1. The number of aromatic nitrogens is 3. The first kappa shape index (κ1) is 14.6. The quantitative estimate of drug-likeness (QED) is 0.833.